The summed E-state index contributed by atoms with van der Waals surface area (Å²) in [5.74, 6) is -0.505. The monoisotopic (exact) mass is 403 g/mol. The van der Waals surface area contributed by atoms with Crippen LogP contribution < -0.4 is 15.7 Å². The van der Waals surface area contributed by atoms with Gasteiger partial charge in [-0.15, -0.1) is 0 Å². The van der Waals surface area contributed by atoms with E-state index in [-0.39, 0.29) is 11.7 Å². The van der Waals surface area contributed by atoms with Gasteiger partial charge in [-0.25, -0.2) is 14.4 Å². The van der Waals surface area contributed by atoms with Crippen molar-refractivity contribution in [3.8, 4) is 5.75 Å². The molecule has 0 saturated heterocycles. The number of carbonyl (C=O) groups is 2. The van der Waals surface area contributed by atoms with Crippen molar-refractivity contribution in [1.29, 1.82) is 0 Å². The van der Waals surface area contributed by atoms with Gasteiger partial charge in [0.05, 0.1) is 0 Å². The van der Waals surface area contributed by atoms with Gasteiger partial charge in [0.15, 0.2) is 0 Å². The molecule has 1 N–H and O–H groups in total. The summed E-state index contributed by atoms with van der Waals surface area (Å²) in [5, 5.41) is 3.38. The van der Waals surface area contributed by atoms with E-state index < -0.39 is 29.3 Å². The van der Waals surface area contributed by atoms with Crippen molar-refractivity contribution in [3.63, 3.8) is 0 Å². The highest BCUT2D eigenvalue weighted by Crippen LogP contribution is 2.28. The van der Waals surface area contributed by atoms with Crippen LogP contribution in [0, 0.1) is 19.8 Å². The number of nitrogens with one attached hydrogen (secondary N) is 1. The van der Waals surface area contributed by atoms with Crippen LogP contribution in [0.4, 0.5) is 4.79 Å². The minimum atomic E-state index is -0.880. The highest BCUT2D eigenvalue weighted by atomic mass is 16.6. The summed E-state index contributed by atoms with van der Waals surface area (Å²) in [6.07, 6.45) is -0.0306. The molecule has 7 heteroatoms. The SMILES string of the molecule is CC[C@@H](C)[C@@H](NC(=O)OC(C)(C)C)C(=O)Oc1ccc2c(C)cc(=O)oc2c1C. The van der Waals surface area contributed by atoms with Crippen molar-refractivity contribution in [3.05, 3.63) is 39.7 Å². The van der Waals surface area contributed by atoms with E-state index in [9.17, 15) is 14.4 Å². The summed E-state index contributed by atoms with van der Waals surface area (Å²) in [5.41, 5.74) is 0.544. The lowest BCUT2D eigenvalue weighted by Crippen LogP contribution is -2.48. The minimum absolute atomic E-state index is 0.170. The summed E-state index contributed by atoms with van der Waals surface area (Å²) in [6.45, 7) is 12.5. The number of rotatable bonds is 5. The second-order valence-electron chi connectivity index (χ2n) is 8.24. The molecule has 1 amide bonds. The first-order valence-corrected chi connectivity index (χ1v) is 9.68. The van der Waals surface area contributed by atoms with Gasteiger partial charge in [-0.05, 0) is 58.2 Å². The Balaban J connectivity index is 2.30. The number of ether oxygens (including phenoxy) is 2. The Bertz CT molecular complexity index is 970. The van der Waals surface area contributed by atoms with E-state index in [0.29, 0.717) is 17.6 Å². The Morgan fingerprint density at radius 2 is 1.86 bits per heavy atom. The fraction of sp³-hybridized carbons (Fsp3) is 0.500. The zero-order chi connectivity index (χ0) is 21.9. The maximum absolute atomic E-state index is 12.9. The van der Waals surface area contributed by atoms with Crippen LogP contribution in [0.15, 0.2) is 27.4 Å². The molecule has 0 aliphatic heterocycles. The van der Waals surface area contributed by atoms with Crippen LogP contribution in [0.3, 0.4) is 0 Å². The van der Waals surface area contributed by atoms with Gasteiger partial charge >= 0.3 is 17.7 Å². The van der Waals surface area contributed by atoms with E-state index in [1.165, 1.54) is 6.07 Å². The van der Waals surface area contributed by atoms with Crippen LogP contribution in [-0.4, -0.2) is 23.7 Å². The van der Waals surface area contributed by atoms with E-state index in [1.54, 1.807) is 39.8 Å². The number of hydrogen-bond donors (Lipinski definition) is 1. The predicted molar refractivity (Wildman–Crippen MR) is 110 cm³/mol. The van der Waals surface area contributed by atoms with Gasteiger partial charge in [0.2, 0.25) is 0 Å². The van der Waals surface area contributed by atoms with E-state index in [4.69, 9.17) is 13.9 Å². The molecule has 2 rings (SSSR count). The van der Waals surface area contributed by atoms with Crippen LogP contribution in [-0.2, 0) is 9.53 Å². The molecule has 2 aromatic rings. The summed E-state index contributed by atoms with van der Waals surface area (Å²) >= 11 is 0. The summed E-state index contributed by atoms with van der Waals surface area (Å²) in [6, 6.07) is 3.93. The molecule has 1 aromatic heterocycles. The number of alkyl carbamates (subject to hydrolysis) is 1. The Labute approximate surface area is 170 Å². The van der Waals surface area contributed by atoms with Gasteiger partial charge in [0.1, 0.15) is 23.0 Å². The molecule has 0 fully saturated rings. The molecule has 0 radical (unpaired) electrons. The molecule has 2 atom stereocenters. The molecule has 0 saturated carbocycles. The molecular weight excluding hydrogens is 374 g/mol. The largest absolute Gasteiger partial charge is 0.444 e. The minimum Gasteiger partial charge on any atom is -0.444 e. The molecule has 0 bridgehead atoms. The van der Waals surface area contributed by atoms with E-state index in [0.717, 1.165) is 10.9 Å². The molecule has 1 heterocycles. The lowest BCUT2D eigenvalue weighted by Gasteiger charge is -2.25. The van der Waals surface area contributed by atoms with Crippen molar-refractivity contribution in [2.24, 2.45) is 5.92 Å². The van der Waals surface area contributed by atoms with Gasteiger partial charge < -0.3 is 19.2 Å². The van der Waals surface area contributed by atoms with Crippen LogP contribution in [0.2, 0.25) is 0 Å². The first-order valence-electron chi connectivity index (χ1n) is 9.68. The second kappa shape index (κ2) is 8.68. The summed E-state index contributed by atoms with van der Waals surface area (Å²) in [4.78, 5) is 36.7. The van der Waals surface area contributed by atoms with Crippen molar-refractivity contribution in [2.45, 2.75) is 66.5 Å². The van der Waals surface area contributed by atoms with Crippen LogP contribution in [0.5, 0.6) is 5.75 Å². The van der Waals surface area contributed by atoms with Gasteiger partial charge in [-0.2, -0.15) is 0 Å². The summed E-state index contributed by atoms with van der Waals surface area (Å²) < 4.78 is 16.1. The van der Waals surface area contributed by atoms with Gasteiger partial charge in [0, 0.05) is 17.0 Å². The molecule has 7 nitrogen and oxygen atoms in total. The quantitative estimate of drug-likeness (QED) is 0.455. The number of hydrogen-bond acceptors (Lipinski definition) is 6. The van der Waals surface area contributed by atoms with Crippen molar-refractivity contribution >= 4 is 23.0 Å². The van der Waals surface area contributed by atoms with Crippen LogP contribution >= 0.6 is 0 Å². The Morgan fingerprint density at radius 3 is 2.45 bits per heavy atom. The smallest absolute Gasteiger partial charge is 0.408 e. The van der Waals surface area contributed by atoms with Crippen molar-refractivity contribution < 1.29 is 23.5 Å². The third-order valence-electron chi connectivity index (χ3n) is 4.67. The molecule has 1 aromatic carbocycles. The lowest BCUT2D eigenvalue weighted by atomic mass is 9.99. The maximum atomic E-state index is 12.9. The van der Waals surface area contributed by atoms with Crippen LogP contribution in [0.1, 0.15) is 52.2 Å². The standard InChI is InChI=1S/C22H29NO6/c1-8-12(2)18(23-21(26)29-22(5,6)7)20(25)27-16-10-9-15-13(3)11-17(24)28-19(15)14(16)4/h9-12,18H,8H2,1-7H3,(H,23,26)/t12-,18-/m1/s1. The first kappa shape index (κ1) is 22.5. The Hall–Kier alpha value is -2.83. The Kier molecular flexibility index (Phi) is 6.72. The summed E-state index contributed by atoms with van der Waals surface area (Å²) in [7, 11) is 0. The van der Waals surface area contributed by atoms with E-state index >= 15 is 0 Å². The number of benzene rings is 1. The molecule has 0 aliphatic rings. The van der Waals surface area contributed by atoms with Crippen molar-refractivity contribution in [1.82, 2.24) is 5.32 Å². The van der Waals surface area contributed by atoms with Crippen molar-refractivity contribution in [2.75, 3.05) is 0 Å². The lowest BCUT2D eigenvalue weighted by molar-refractivity contribution is -0.138. The molecular formula is C22H29NO6. The highest BCUT2D eigenvalue weighted by molar-refractivity contribution is 5.87. The van der Waals surface area contributed by atoms with E-state index in [2.05, 4.69) is 5.32 Å². The van der Waals surface area contributed by atoms with E-state index in [1.807, 2.05) is 20.8 Å². The molecule has 29 heavy (non-hydrogen) atoms. The third kappa shape index (κ3) is 5.59. The normalized spacial score (nSPS) is 13.6. The average Bonchev–Trinajstić information content (AvgIpc) is 2.60. The third-order valence-corrected chi connectivity index (χ3v) is 4.67. The number of carbonyl (C=O) groups excluding carboxylic acids is 2. The zero-order valence-electron chi connectivity index (χ0n) is 18.0. The second-order valence-corrected chi connectivity index (χ2v) is 8.24. The van der Waals surface area contributed by atoms with Gasteiger partial charge in [-0.3, -0.25) is 0 Å². The Morgan fingerprint density at radius 1 is 1.21 bits per heavy atom. The number of amides is 1. The average molecular weight is 403 g/mol. The molecule has 0 spiro atoms. The van der Waals surface area contributed by atoms with Gasteiger partial charge in [-0.1, -0.05) is 20.3 Å². The fourth-order valence-corrected chi connectivity index (χ4v) is 2.89. The zero-order valence-corrected chi connectivity index (χ0v) is 18.0. The number of fused-ring (bicyclic) bond motifs is 1. The maximum Gasteiger partial charge on any atom is 0.408 e. The fourth-order valence-electron chi connectivity index (χ4n) is 2.89. The number of esters is 1. The highest BCUT2D eigenvalue weighted by Gasteiger charge is 2.30. The molecule has 0 unspecified atom stereocenters. The molecule has 158 valence electrons. The number of aryl methyl sites for hydroxylation is 2. The molecule has 0 aliphatic carbocycles. The first-order chi connectivity index (χ1) is 13.4. The van der Waals surface area contributed by atoms with Gasteiger partial charge in [0.25, 0.3) is 0 Å². The van der Waals surface area contributed by atoms with Crippen LogP contribution in [0.25, 0.3) is 11.0 Å². The predicted octanol–water partition coefficient (Wildman–Crippen LogP) is 4.25. The topological polar surface area (TPSA) is 94.8 Å².